The van der Waals surface area contributed by atoms with E-state index >= 15 is 0 Å². The summed E-state index contributed by atoms with van der Waals surface area (Å²) >= 11 is 3.63. The number of benzene rings is 1. The van der Waals surface area contributed by atoms with E-state index < -0.39 is 0 Å². The molecule has 0 bridgehead atoms. The molecule has 1 aromatic carbocycles. The van der Waals surface area contributed by atoms with Gasteiger partial charge in [0.15, 0.2) is 0 Å². The minimum Gasteiger partial charge on any atom is -0.340 e. The number of thiophene rings is 1. The Labute approximate surface area is 176 Å². The molecule has 3 aromatic heterocycles. The predicted octanol–water partition coefficient (Wildman–Crippen LogP) is 3.91. The van der Waals surface area contributed by atoms with Gasteiger partial charge in [-0.3, -0.25) is 13.9 Å². The third-order valence-corrected chi connectivity index (χ3v) is 8.10. The van der Waals surface area contributed by atoms with Crippen LogP contribution in [0.15, 0.2) is 51.4 Å². The zero-order valence-corrected chi connectivity index (χ0v) is 18.1. The second-order valence-corrected chi connectivity index (χ2v) is 9.61. The Balaban J connectivity index is 1.97. The first-order chi connectivity index (χ1) is 14.0. The van der Waals surface area contributed by atoms with E-state index in [1.807, 2.05) is 42.1 Å². The molecule has 1 unspecified atom stereocenters. The van der Waals surface area contributed by atoms with Gasteiger partial charge in [0.05, 0.1) is 27.5 Å². The molecule has 0 saturated carbocycles. The highest BCUT2D eigenvalue weighted by Crippen LogP contribution is 2.47. The van der Waals surface area contributed by atoms with Gasteiger partial charge in [0.1, 0.15) is 0 Å². The molecule has 4 heterocycles. The minimum absolute atomic E-state index is 0.111. The number of thioether (sulfide) groups is 1. The Bertz CT molecular complexity index is 1360. The van der Waals surface area contributed by atoms with Gasteiger partial charge in [0.2, 0.25) is 0 Å². The van der Waals surface area contributed by atoms with Gasteiger partial charge in [0.25, 0.3) is 5.56 Å². The van der Waals surface area contributed by atoms with Crippen LogP contribution < -0.4 is 11.2 Å². The second-order valence-electron chi connectivity index (χ2n) is 7.46. The van der Waals surface area contributed by atoms with Gasteiger partial charge in [-0.05, 0) is 29.5 Å². The fraction of sp³-hybridized carbons (Fsp3) is 0.273. The van der Waals surface area contributed by atoms with E-state index in [9.17, 15) is 9.59 Å². The number of aromatic nitrogens is 3. The maximum absolute atomic E-state index is 13.3. The highest BCUT2D eigenvalue weighted by Gasteiger charge is 2.33. The SMILES string of the molecule is Cc1csc(C2SCCn3c(-c4ccccc4)c4c(=O)n(C)c(=O)n(C)c4c32)c1. The van der Waals surface area contributed by atoms with Gasteiger partial charge < -0.3 is 4.57 Å². The molecule has 0 saturated heterocycles. The fourth-order valence-corrected chi connectivity index (χ4v) is 6.69. The van der Waals surface area contributed by atoms with Gasteiger partial charge in [-0.1, -0.05) is 30.3 Å². The molecule has 0 radical (unpaired) electrons. The molecule has 1 atom stereocenters. The molecule has 1 aliphatic heterocycles. The van der Waals surface area contributed by atoms with Crippen LogP contribution >= 0.6 is 23.1 Å². The molecule has 4 aromatic rings. The highest BCUT2D eigenvalue weighted by atomic mass is 32.2. The van der Waals surface area contributed by atoms with Crippen molar-refractivity contribution < 1.29 is 0 Å². The number of aryl methyl sites for hydroxylation is 2. The summed E-state index contributed by atoms with van der Waals surface area (Å²) in [7, 11) is 3.33. The number of fused-ring (bicyclic) bond motifs is 3. The van der Waals surface area contributed by atoms with E-state index in [4.69, 9.17) is 0 Å². The lowest BCUT2D eigenvalue weighted by Gasteiger charge is -2.26. The van der Waals surface area contributed by atoms with Crippen molar-refractivity contribution in [2.45, 2.75) is 18.7 Å². The summed E-state index contributed by atoms with van der Waals surface area (Å²) in [6, 6.07) is 12.3. The Hall–Kier alpha value is -2.51. The summed E-state index contributed by atoms with van der Waals surface area (Å²) in [6.45, 7) is 2.92. The van der Waals surface area contributed by atoms with E-state index in [0.29, 0.717) is 5.39 Å². The first-order valence-corrected chi connectivity index (χ1v) is 11.5. The summed E-state index contributed by atoms with van der Waals surface area (Å²) in [4.78, 5) is 27.4. The topological polar surface area (TPSA) is 48.9 Å². The monoisotopic (exact) mass is 423 g/mol. The van der Waals surface area contributed by atoms with Crippen LogP contribution in [0.1, 0.15) is 21.4 Å². The van der Waals surface area contributed by atoms with Crippen molar-refractivity contribution in [3.8, 4) is 11.3 Å². The number of nitrogens with zero attached hydrogens (tertiary/aromatic N) is 3. The molecule has 0 aliphatic carbocycles. The van der Waals surface area contributed by atoms with Gasteiger partial charge in [-0.25, -0.2) is 4.79 Å². The molecule has 7 heteroatoms. The molecule has 0 spiro atoms. The van der Waals surface area contributed by atoms with Crippen LogP contribution in [0.5, 0.6) is 0 Å². The zero-order chi connectivity index (χ0) is 20.3. The van der Waals surface area contributed by atoms with Gasteiger partial charge >= 0.3 is 5.69 Å². The normalized spacial score (nSPS) is 16.3. The quantitative estimate of drug-likeness (QED) is 0.491. The molecular weight excluding hydrogens is 402 g/mol. The van der Waals surface area contributed by atoms with E-state index in [2.05, 4.69) is 22.9 Å². The number of hydrogen-bond acceptors (Lipinski definition) is 4. The lowest BCUT2D eigenvalue weighted by atomic mass is 10.1. The van der Waals surface area contributed by atoms with Crippen molar-refractivity contribution >= 4 is 34.0 Å². The average Bonchev–Trinajstić information content (AvgIpc) is 3.32. The maximum atomic E-state index is 13.3. The van der Waals surface area contributed by atoms with Crippen LogP contribution in [-0.2, 0) is 20.6 Å². The van der Waals surface area contributed by atoms with Crippen molar-refractivity contribution in [2.24, 2.45) is 14.1 Å². The number of rotatable bonds is 2. The van der Waals surface area contributed by atoms with Gasteiger partial charge in [-0.2, -0.15) is 0 Å². The summed E-state index contributed by atoms with van der Waals surface area (Å²) < 4.78 is 5.14. The highest BCUT2D eigenvalue weighted by molar-refractivity contribution is 7.99. The van der Waals surface area contributed by atoms with Crippen LogP contribution in [0.2, 0.25) is 0 Å². The van der Waals surface area contributed by atoms with Gasteiger partial charge in [0, 0.05) is 31.3 Å². The summed E-state index contributed by atoms with van der Waals surface area (Å²) in [5, 5.41) is 2.91. The van der Waals surface area contributed by atoms with Crippen molar-refractivity contribution in [3.05, 3.63) is 78.8 Å². The lowest BCUT2D eigenvalue weighted by molar-refractivity contribution is 0.701. The molecule has 1 aliphatic rings. The largest absolute Gasteiger partial charge is 0.340 e. The first-order valence-electron chi connectivity index (χ1n) is 9.53. The zero-order valence-electron chi connectivity index (χ0n) is 16.5. The fourth-order valence-electron chi connectivity index (χ4n) is 4.28. The van der Waals surface area contributed by atoms with Crippen LogP contribution in [0, 0.1) is 6.92 Å². The van der Waals surface area contributed by atoms with Crippen LogP contribution in [0.3, 0.4) is 0 Å². The molecule has 29 heavy (non-hydrogen) atoms. The van der Waals surface area contributed by atoms with E-state index in [-0.39, 0.29) is 16.5 Å². The Morgan fingerprint density at radius 2 is 1.83 bits per heavy atom. The Kier molecular flexibility index (Phi) is 4.33. The Morgan fingerprint density at radius 1 is 1.07 bits per heavy atom. The van der Waals surface area contributed by atoms with Crippen LogP contribution in [-0.4, -0.2) is 19.5 Å². The molecule has 0 N–H and O–H groups in total. The van der Waals surface area contributed by atoms with Crippen molar-refractivity contribution in [2.75, 3.05) is 5.75 Å². The van der Waals surface area contributed by atoms with E-state index in [0.717, 1.165) is 34.8 Å². The van der Waals surface area contributed by atoms with Gasteiger partial charge in [-0.15, -0.1) is 23.1 Å². The van der Waals surface area contributed by atoms with Crippen molar-refractivity contribution in [3.63, 3.8) is 0 Å². The Morgan fingerprint density at radius 3 is 2.52 bits per heavy atom. The van der Waals surface area contributed by atoms with E-state index in [1.54, 1.807) is 30.0 Å². The first kappa shape index (κ1) is 18.5. The molecule has 0 fully saturated rings. The smallest absolute Gasteiger partial charge is 0.331 e. The lowest BCUT2D eigenvalue weighted by Crippen LogP contribution is -2.37. The summed E-state index contributed by atoms with van der Waals surface area (Å²) in [5.74, 6) is 0.962. The van der Waals surface area contributed by atoms with Crippen molar-refractivity contribution in [1.29, 1.82) is 0 Å². The maximum Gasteiger partial charge on any atom is 0.331 e. The molecule has 5 rings (SSSR count). The third-order valence-electron chi connectivity index (χ3n) is 5.61. The summed E-state index contributed by atoms with van der Waals surface area (Å²) in [6.07, 6.45) is 0. The molecule has 0 amide bonds. The standard InChI is InChI=1S/C22H21N3O2S2/c1-13-11-15(29-12-13)20-19-18-16(21(26)24(3)22(27)23(18)2)17(25(19)9-10-28-20)14-7-5-4-6-8-14/h4-8,11-12,20H,9-10H2,1-3H3. The number of hydrogen-bond donors (Lipinski definition) is 0. The minimum atomic E-state index is -0.285. The van der Waals surface area contributed by atoms with Crippen LogP contribution in [0.4, 0.5) is 0 Å². The van der Waals surface area contributed by atoms with E-state index in [1.165, 1.54) is 15.0 Å². The van der Waals surface area contributed by atoms with Crippen LogP contribution in [0.25, 0.3) is 22.2 Å². The third kappa shape index (κ3) is 2.68. The summed E-state index contributed by atoms with van der Waals surface area (Å²) in [5.41, 5.74) is 4.49. The molecule has 5 nitrogen and oxygen atoms in total. The van der Waals surface area contributed by atoms with Crippen molar-refractivity contribution in [1.82, 2.24) is 13.7 Å². The molecular formula is C22H21N3O2S2. The average molecular weight is 424 g/mol. The molecule has 148 valence electrons. The second kappa shape index (κ2) is 6.78. The predicted molar refractivity (Wildman–Crippen MR) is 121 cm³/mol.